The van der Waals surface area contributed by atoms with E-state index in [4.69, 9.17) is 4.74 Å². The van der Waals surface area contributed by atoms with E-state index in [2.05, 4.69) is 15.6 Å². The van der Waals surface area contributed by atoms with E-state index in [1.165, 1.54) is 11.8 Å². The molecule has 0 aromatic heterocycles. The van der Waals surface area contributed by atoms with Gasteiger partial charge in [-0.1, -0.05) is 48.2 Å². The van der Waals surface area contributed by atoms with Crippen LogP contribution in [0.15, 0.2) is 59.6 Å². The number of amides is 1. The van der Waals surface area contributed by atoms with Gasteiger partial charge < -0.3 is 25.6 Å². The van der Waals surface area contributed by atoms with Gasteiger partial charge in [0.15, 0.2) is 5.17 Å². The summed E-state index contributed by atoms with van der Waals surface area (Å²) in [6.07, 6.45) is -1.79. The van der Waals surface area contributed by atoms with Crippen LogP contribution < -0.4 is 15.4 Å². The predicted molar refractivity (Wildman–Crippen MR) is 118 cm³/mol. The fraction of sp³-hybridized carbons (Fsp3) is 0.364. The summed E-state index contributed by atoms with van der Waals surface area (Å²) in [5.74, 6) is 0.0835. The molecule has 4 N–H and O–H groups in total. The number of para-hydroxylation sites is 2. The van der Waals surface area contributed by atoms with Crippen molar-refractivity contribution in [2.45, 2.75) is 36.5 Å². The van der Waals surface area contributed by atoms with Crippen molar-refractivity contribution in [3.8, 4) is 5.75 Å². The number of amidine groups is 1. The summed E-state index contributed by atoms with van der Waals surface area (Å²) in [6, 6.07) is 16.6. The number of hydrogen-bond donors (Lipinski definition) is 4. The Morgan fingerprint density at radius 1 is 1.17 bits per heavy atom. The second-order valence-corrected chi connectivity index (χ2v) is 8.59. The highest BCUT2D eigenvalue weighted by Crippen LogP contribution is 2.41. The Hall–Kier alpha value is -2.55. The molecule has 0 unspecified atom stereocenters. The number of nitrogens with zero attached hydrogens (tertiary/aromatic N) is 1. The molecule has 158 valence electrons. The highest BCUT2D eigenvalue weighted by molar-refractivity contribution is 8.15. The minimum absolute atomic E-state index is 0.162. The molecular weight excluding hydrogens is 402 g/mol. The van der Waals surface area contributed by atoms with Gasteiger partial charge in [-0.25, -0.2) is 0 Å². The molecule has 1 aliphatic carbocycles. The standard InChI is InChI=1S/C22H25N3O4S/c1-29-17-10-6-5-7-13(17)12-23-21(28)15-11-16(26)19(27)18-20(15)30-22(25-18)24-14-8-3-2-4-9-14/h2-10,15-16,18-20,26-27H,11-12H2,1H3,(H,23,28)(H,24,25)/t15-,16-,18-,19+,20-/m1/s1. The molecule has 4 rings (SSSR count). The summed E-state index contributed by atoms with van der Waals surface area (Å²) in [4.78, 5) is 17.6. The van der Waals surface area contributed by atoms with E-state index in [0.717, 1.165) is 11.3 Å². The number of rotatable bonds is 5. The largest absolute Gasteiger partial charge is 0.496 e. The van der Waals surface area contributed by atoms with Gasteiger partial charge in [-0.3, -0.25) is 9.79 Å². The number of nitrogens with one attached hydrogen (secondary N) is 2. The first-order chi connectivity index (χ1) is 14.6. The molecule has 1 fully saturated rings. The molecule has 30 heavy (non-hydrogen) atoms. The van der Waals surface area contributed by atoms with Gasteiger partial charge in [0.2, 0.25) is 5.91 Å². The lowest BCUT2D eigenvalue weighted by atomic mass is 9.81. The zero-order chi connectivity index (χ0) is 21.1. The average Bonchev–Trinajstić information content (AvgIpc) is 3.19. The average molecular weight is 428 g/mol. The third kappa shape index (κ3) is 4.30. The van der Waals surface area contributed by atoms with E-state index in [-0.39, 0.29) is 17.6 Å². The Morgan fingerprint density at radius 3 is 2.67 bits per heavy atom. The monoisotopic (exact) mass is 427 g/mol. The molecule has 0 radical (unpaired) electrons. The molecule has 1 heterocycles. The molecule has 2 aromatic rings. The first-order valence-corrected chi connectivity index (χ1v) is 10.8. The van der Waals surface area contributed by atoms with Gasteiger partial charge in [0, 0.05) is 23.0 Å². The van der Waals surface area contributed by atoms with Crippen LogP contribution in [0.4, 0.5) is 5.69 Å². The third-order valence-corrected chi connectivity index (χ3v) is 6.80. The number of aliphatic hydroxyl groups excluding tert-OH is 2. The Balaban J connectivity index is 1.45. The molecular formula is C22H25N3O4S. The number of aliphatic imine (C=N–C) groups is 1. The summed E-state index contributed by atoms with van der Waals surface area (Å²) < 4.78 is 5.34. The van der Waals surface area contributed by atoms with E-state index in [1.807, 2.05) is 54.6 Å². The van der Waals surface area contributed by atoms with E-state index in [9.17, 15) is 15.0 Å². The lowest BCUT2D eigenvalue weighted by Crippen LogP contribution is -2.53. The van der Waals surface area contributed by atoms with Crippen molar-refractivity contribution in [2.24, 2.45) is 10.9 Å². The van der Waals surface area contributed by atoms with Crippen molar-refractivity contribution < 1.29 is 19.7 Å². The molecule has 0 saturated heterocycles. The summed E-state index contributed by atoms with van der Waals surface area (Å²) in [5.41, 5.74) is 1.76. The number of fused-ring (bicyclic) bond motifs is 1. The Morgan fingerprint density at radius 2 is 1.90 bits per heavy atom. The molecule has 0 bridgehead atoms. The number of methoxy groups -OCH3 is 1. The minimum Gasteiger partial charge on any atom is -0.496 e. The molecule has 7 nitrogen and oxygen atoms in total. The smallest absolute Gasteiger partial charge is 0.224 e. The molecule has 5 atom stereocenters. The number of benzene rings is 2. The maximum absolute atomic E-state index is 13.0. The number of ether oxygens (including phenoxy) is 1. The van der Waals surface area contributed by atoms with Gasteiger partial charge in [0.05, 0.1) is 25.2 Å². The van der Waals surface area contributed by atoms with E-state index in [1.54, 1.807) is 7.11 Å². The zero-order valence-electron chi connectivity index (χ0n) is 16.6. The van der Waals surface area contributed by atoms with Gasteiger partial charge in [-0.15, -0.1) is 0 Å². The van der Waals surface area contributed by atoms with Crippen molar-refractivity contribution in [3.63, 3.8) is 0 Å². The predicted octanol–water partition coefficient (Wildman–Crippen LogP) is 2.01. The summed E-state index contributed by atoms with van der Waals surface area (Å²) in [6.45, 7) is 0.329. The van der Waals surface area contributed by atoms with Crippen molar-refractivity contribution >= 4 is 28.5 Å². The number of aliphatic hydroxyl groups is 2. The maximum Gasteiger partial charge on any atom is 0.224 e. The van der Waals surface area contributed by atoms with Crippen LogP contribution in [-0.2, 0) is 11.3 Å². The van der Waals surface area contributed by atoms with Crippen LogP contribution >= 0.6 is 11.8 Å². The van der Waals surface area contributed by atoms with E-state index < -0.39 is 24.2 Å². The maximum atomic E-state index is 13.0. The minimum atomic E-state index is -0.992. The fourth-order valence-electron chi connectivity index (χ4n) is 3.92. The van der Waals surface area contributed by atoms with Crippen LogP contribution in [0.25, 0.3) is 0 Å². The van der Waals surface area contributed by atoms with Crippen LogP contribution in [0.1, 0.15) is 12.0 Å². The lowest BCUT2D eigenvalue weighted by molar-refractivity contribution is -0.129. The second-order valence-electron chi connectivity index (χ2n) is 7.43. The summed E-state index contributed by atoms with van der Waals surface area (Å²) >= 11 is 1.44. The van der Waals surface area contributed by atoms with Gasteiger partial charge >= 0.3 is 0 Å². The SMILES string of the molecule is COc1ccccc1CNC(=O)[C@@H]1C[C@@H](O)[C@H](O)[C@H]2N=C(Nc3ccccc3)S[C@@H]21. The summed E-state index contributed by atoms with van der Waals surface area (Å²) in [5, 5.41) is 27.4. The third-order valence-electron chi connectivity index (χ3n) is 5.49. The number of hydrogen-bond acceptors (Lipinski definition) is 7. The van der Waals surface area contributed by atoms with Gasteiger partial charge in [0.25, 0.3) is 0 Å². The molecule has 0 spiro atoms. The van der Waals surface area contributed by atoms with Crippen LogP contribution in [0, 0.1) is 5.92 Å². The molecule has 2 aromatic carbocycles. The molecule has 8 heteroatoms. The van der Waals surface area contributed by atoms with E-state index >= 15 is 0 Å². The van der Waals surface area contributed by atoms with Crippen molar-refractivity contribution in [1.29, 1.82) is 0 Å². The van der Waals surface area contributed by atoms with Crippen molar-refractivity contribution in [2.75, 3.05) is 12.4 Å². The molecule has 1 aliphatic heterocycles. The van der Waals surface area contributed by atoms with Gasteiger partial charge in [0.1, 0.15) is 11.9 Å². The van der Waals surface area contributed by atoms with E-state index in [0.29, 0.717) is 17.5 Å². The van der Waals surface area contributed by atoms with Crippen LogP contribution in [0.2, 0.25) is 0 Å². The van der Waals surface area contributed by atoms with Crippen molar-refractivity contribution in [3.05, 3.63) is 60.2 Å². The van der Waals surface area contributed by atoms with Gasteiger partial charge in [-0.05, 0) is 24.6 Å². The topological polar surface area (TPSA) is 103 Å². The highest BCUT2D eigenvalue weighted by atomic mass is 32.2. The quantitative estimate of drug-likeness (QED) is 0.582. The Kier molecular flexibility index (Phi) is 6.26. The number of carbonyl (C=O) groups excluding carboxylic acids is 1. The van der Waals surface area contributed by atoms with Crippen LogP contribution in [0.5, 0.6) is 5.75 Å². The Labute approximate surface area is 179 Å². The normalized spacial score (nSPS) is 27.7. The zero-order valence-corrected chi connectivity index (χ0v) is 17.4. The molecule has 2 aliphatic rings. The highest BCUT2D eigenvalue weighted by Gasteiger charge is 2.50. The number of thioether (sulfide) groups is 1. The first-order valence-electron chi connectivity index (χ1n) is 9.89. The summed E-state index contributed by atoms with van der Waals surface area (Å²) in [7, 11) is 1.60. The van der Waals surface area contributed by atoms with Gasteiger partial charge in [-0.2, -0.15) is 0 Å². The second kappa shape index (κ2) is 9.07. The number of carbonyl (C=O) groups is 1. The first kappa shape index (κ1) is 20.7. The Bertz CT molecular complexity index is 924. The molecule has 1 amide bonds. The molecule has 1 saturated carbocycles. The van der Waals surface area contributed by atoms with Crippen LogP contribution in [0.3, 0.4) is 0 Å². The van der Waals surface area contributed by atoms with Crippen molar-refractivity contribution in [1.82, 2.24) is 5.32 Å². The lowest BCUT2D eigenvalue weighted by Gasteiger charge is -2.37. The number of anilines is 1. The fourth-order valence-corrected chi connectivity index (χ4v) is 5.29. The van der Waals surface area contributed by atoms with Crippen LogP contribution in [-0.4, -0.2) is 51.9 Å².